The number of aromatic nitrogens is 3. The Morgan fingerprint density at radius 2 is 1.67 bits per heavy atom. The fourth-order valence-corrected chi connectivity index (χ4v) is 2.84. The Balaban J connectivity index is 2.23. The van der Waals surface area contributed by atoms with Crippen molar-refractivity contribution in [3.63, 3.8) is 0 Å². The number of para-hydroxylation sites is 1. The number of hydrogen-bond acceptors (Lipinski definition) is 2. The largest absolute Gasteiger partial charge is 0.278 e. The van der Waals surface area contributed by atoms with Gasteiger partial charge in [-0.25, -0.2) is 0 Å². The van der Waals surface area contributed by atoms with Crippen LogP contribution in [0.4, 0.5) is 0 Å². The number of benzene rings is 2. The van der Waals surface area contributed by atoms with Crippen LogP contribution in [0.3, 0.4) is 0 Å². The molecule has 0 saturated heterocycles. The molecule has 3 nitrogen and oxygen atoms in total. The second-order valence-electron chi connectivity index (χ2n) is 4.76. The summed E-state index contributed by atoms with van der Waals surface area (Å²) in [6.07, 6.45) is 0.974. The second kappa shape index (κ2) is 6.22. The van der Waals surface area contributed by atoms with Gasteiger partial charge in [-0.3, -0.25) is 4.57 Å². The molecule has 106 valence electrons. The molecule has 3 aromatic rings. The predicted octanol–water partition coefficient (Wildman–Crippen LogP) is 4.39. The number of rotatable bonds is 4. The maximum absolute atomic E-state index is 4.43. The highest BCUT2D eigenvalue weighted by molar-refractivity contribution is 9.08. The molecule has 2 aromatic carbocycles. The molecular formula is C17H16BrN3. The lowest BCUT2D eigenvalue weighted by molar-refractivity contribution is 0.961. The molecular weight excluding hydrogens is 326 g/mol. The molecule has 1 heterocycles. The van der Waals surface area contributed by atoms with E-state index in [0.29, 0.717) is 5.33 Å². The number of alkyl halides is 1. The van der Waals surface area contributed by atoms with Gasteiger partial charge < -0.3 is 0 Å². The van der Waals surface area contributed by atoms with E-state index in [1.165, 1.54) is 5.56 Å². The van der Waals surface area contributed by atoms with Crippen LogP contribution >= 0.6 is 15.9 Å². The number of aryl methyl sites for hydroxylation is 1. The summed E-state index contributed by atoms with van der Waals surface area (Å²) in [5.41, 5.74) is 3.50. The van der Waals surface area contributed by atoms with Crippen molar-refractivity contribution in [3.05, 3.63) is 66.0 Å². The smallest absolute Gasteiger partial charge is 0.168 e. The Labute approximate surface area is 132 Å². The van der Waals surface area contributed by atoms with Gasteiger partial charge in [-0.1, -0.05) is 65.3 Å². The molecule has 0 spiro atoms. The average molecular weight is 342 g/mol. The number of halogens is 1. The molecule has 0 unspecified atom stereocenters. The maximum Gasteiger partial charge on any atom is 0.168 e. The number of hydrogen-bond donors (Lipinski definition) is 0. The van der Waals surface area contributed by atoms with Gasteiger partial charge in [-0.15, -0.1) is 10.2 Å². The SMILES string of the molecule is CCc1ccccc1-c1nnc(CBr)n1-c1ccccc1. The van der Waals surface area contributed by atoms with E-state index < -0.39 is 0 Å². The Morgan fingerprint density at radius 1 is 0.952 bits per heavy atom. The van der Waals surface area contributed by atoms with Crippen molar-refractivity contribution >= 4 is 15.9 Å². The first kappa shape index (κ1) is 14.0. The summed E-state index contributed by atoms with van der Waals surface area (Å²) in [7, 11) is 0. The molecule has 0 fully saturated rings. The Bertz CT molecular complexity index is 735. The molecule has 0 N–H and O–H groups in total. The van der Waals surface area contributed by atoms with Gasteiger partial charge in [0.05, 0.1) is 5.33 Å². The van der Waals surface area contributed by atoms with Crippen molar-refractivity contribution in [1.29, 1.82) is 0 Å². The van der Waals surface area contributed by atoms with Gasteiger partial charge in [0.25, 0.3) is 0 Å². The van der Waals surface area contributed by atoms with E-state index in [1.54, 1.807) is 0 Å². The third-order valence-corrected chi connectivity index (χ3v) is 4.00. The van der Waals surface area contributed by atoms with Crippen molar-refractivity contribution in [2.45, 2.75) is 18.7 Å². The van der Waals surface area contributed by atoms with E-state index in [1.807, 2.05) is 24.3 Å². The molecule has 0 atom stereocenters. The molecule has 0 aliphatic heterocycles. The Morgan fingerprint density at radius 3 is 2.38 bits per heavy atom. The van der Waals surface area contributed by atoms with Crippen molar-refractivity contribution in [1.82, 2.24) is 14.8 Å². The lowest BCUT2D eigenvalue weighted by Gasteiger charge is -2.11. The van der Waals surface area contributed by atoms with Crippen LogP contribution in [0.15, 0.2) is 54.6 Å². The molecule has 0 aliphatic carbocycles. The van der Waals surface area contributed by atoms with Crippen molar-refractivity contribution in [2.24, 2.45) is 0 Å². The van der Waals surface area contributed by atoms with Gasteiger partial charge in [-0.05, 0) is 24.1 Å². The van der Waals surface area contributed by atoms with Crippen LogP contribution in [0, 0.1) is 0 Å². The van der Waals surface area contributed by atoms with Crippen LogP contribution in [-0.4, -0.2) is 14.8 Å². The van der Waals surface area contributed by atoms with Crippen LogP contribution in [0.2, 0.25) is 0 Å². The first-order valence-corrected chi connectivity index (χ1v) is 8.11. The van der Waals surface area contributed by atoms with Crippen molar-refractivity contribution in [2.75, 3.05) is 0 Å². The molecule has 0 amide bonds. The molecule has 0 radical (unpaired) electrons. The average Bonchev–Trinajstić information content (AvgIpc) is 2.99. The summed E-state index contributed by atoms with van der Waals surface area (Å²) < 4.78 is 2.11. The van der Waals surface area contributed by atoms with Gasteiger partial charge in [-0.2, -0.15) is 0 Å². The van der Waals surface area contributed by atoms with E-state index >= 15 is 0 Å². The van der Waals surface area contributed by atoms with Crippen molar-refractivity contribution in [3.8, 4) is 17.1 Å². The van der Waals surface area contributed by atoms with E-state index in [0.717, 1.165) is 29.3 Å². The topological polar surface area (TPSA) is 30.7 Å². The van der Waals surface area contributed by atoms with Gasteiger partial charge >= 0.3 is 0 Å². The van der Waals surface area contributed by atoms with Gasteiger partial charge in [0, 0.05) is 11.3 Å². The van der Waals surface area contributed by atoms with Crippen LogP contribution in [0.1, 0.15) is 18.3 Å². The van der Waals surface area contributed by atoms with E-state index in [2.05, 4.69) is 67.9 Å². The lowest BCUT2D eigenvalue weighted by atomic mass is 10.0. The van der Waals surface area contributed by atoms with Crippen LogP contribution in [-0.2, 0) is 11.8 Å². The maximum atomic E-state index is 4.43. The van der Waals surface area contributed by atoms with Crippen molar-refractivity contribution < 1.29 is 0 Å². The molecule has 21 heavy (non-hydrogen) atoms. The fourth-order valence-electron chi connectivity index (χ4n) is 2.47. The van der Waals surface area contributed by atoms with E-state index in [-0.39, 0.29) is 0 Å². The molecule has 1 aromatic heterocycles. The summed E-state index contributed by atoms with van der Waals surface area (Å²) in [5, 5.41) is 9.42. The molecule has 0 saturated carbocycles. The molecule has 0 bridgehead atoms. The van der Waals surface area contributed by atoms with Crippen LogP contribution in [0.25, 0.3) is 17.1 Å². The molecule has 0 aliphatic rings. The minimum absolute atomic E-state index is 0.670. The highest BCUT2D eigenvalue weighted by Gasteiger charge is 2.16. The summed E-state index contributed by atoms with van der Waals surface area (Å²) in [4.78, 5) is 0. The zero-order valence-corrected chi connectivity index (χ0v) is 13.4. The summed E-state index contributed by atoms with van der Waals surface area (Å²) in [5.74, 6) is 1.80. The second-order valence-corrected chi connectivity index (χ2v) is 5.32. The van der Waals surface area contributed by atoms with Gasteiger partial charge in [0.1, 0.15) is 5.82 Å². The summed E-state index contributed by atoms with van der Waals surface area (Å²) in [6.45, 7) is 2.16. The predicted molar refractivity (Wildman–Crippen MR) is 88.8 cm³/mol. The monoisotopic (exact) mass is 341 g/mol. The van der Waals surface area contributed by atoms with E-state index in [4.69, 9.17) is 0 Å². The van der Waals surface area contributed by atoms with Crippen LogP contribution in [0.5, 0.6) is 0 Å². The van der Waals surface area contributed by atoms with Crippen LogP contribution < -0.4 is 0 Å². The normalized spacial score (nSPS) is 10.8. The standard InChI is InChI=1S/C17H16BrN3/c1-2-13-8-6-7-11-15(13)17-20-19-16(12-18)21(17)14-9-4-3-5-10-14/h3-11H,2,12H2,1H3. The van der Waals surface area contributed by atoms with Gasteiger partial charge in [0.2, 0.25) is 0 Å². The Kier molecular flexibility index (Phi) is 4.15. The quantitative estimate of drug-likeness (QED) is 0.659. The zero-order valence-electron chi connectivity index (χ0n) is 11.8. The minimum Gasteiger partial charge on any atom is -0.278 e. The highest BCUT2D eigenvalue weighted by atomic mass is 79.9. The molecule has 4 heteroatoms. The third-order valence-electron chi connectivity index (χ3n) is 3.50. The minimum atomic E-state index is 0.670. The highest BCUT2D eigenvalue weighted by Crippen LogP contribution is 2.26. The first-order valence-electron chi connectivity index (χ1n) is 6.99. The Hall–Kier alpha value is -1.94. The van der Waals surface area contributed by atoms with Gasteiger partial charge in [0.15, 0.2) is 5.82 Å². The molecule has 3 rings (SSSR count). The lowest BCUT2D eigenvalue weighted by Crippen LogP contribution is -2.02. The third kappa shape index (κ3) is 2.63. The van der Waals surface area contributed by atoms with E-state index in [9.17, 15) is 0 Å². The zero-order chi connectivity index (χ0) is 14.7. The fraction of sp³-hybridized carbons (Fsp3) is 0.176. The first-order chi connectivity index (χ1) is 10.3. The summed E-state index contributed by atoms with van der Waals surface area (Å²) in [6, 6.07) is 18.6. The number of nitrogens with zero attached hydrogens (tertiary/aromatic N) is 3. The summed E-state index contributed by atoms with van der Waals surface area (Å²) >= 11 is 3.50.